The zero-order chi connectivity index (χ0) is 12.5. The Balaban J connectivity index is 2.11. The molecule has 0 saturated heterocycles. The first-order chi connectivity index (χ1) is 8.24. The molecule has 17 heavy (non-hydrogen) atoms. The second-order valence-corrected chi connectivity index (χ2v) is 3.46. The summed E-state index contributed by atoms with van der Waals surface area (Å²) in [7, 11) is 0. The summed E-state index contributed by atoms with van der Waals surface area (Å²) in [6, 6.07) is 9.43. The number of carbonyl (C=O) groups excluding carboxylic acids is 1. The van der Waals surface area contributed by atoms with Crippen molar-refractivity contribution in [3.8, 4) is 5.75 Å². The predicted molar refractivity (Wildman–Crippen MR) is 63.9 cm³/mol. The zero-order valence-corrected chi connectivity index (χ0v) is 9.76. The molecule has 0 fully saturated rings. The second kappa shape index (κ2) is 7.33. The van der Waals surface area contributed by atoms with Crippen LogP contribution in [0, 0.1) is 0 Å². The summed E-state index contributed by atoms with van der Waals surface area (Å²) < 4.78 is 10.3. The average Bonchev–Trinajstić information content (AvgIpc) is 2.38. The van der Waals surface area contributed by atoms with Crippen molar-refractivity contribution in [1.82, 2.24) is 0 Å². The SMILES string of the molecule is C/C(=C\O)C(=O)OCCCOc1ccccc1. The molecule has 0 amide bonds. The molecule has 4 nitrogen and oxygen atoms in total. The van der Waals surface area contributed by atoms with E-state index < -0.39 is 5.97 Å². The fourth-order valence-electron chi connectivity index (χ4n) is 1.10. The number of hydrogen-bond acceptors (Lipinski definition) is 4. The molecular weight excluding hydrogens is 220 g/mol. The lowest BCUT2D eigenvalue weighted by Crippen LogP contribution is -2.09. The number of esters is 1. The molecule has 0 saturated carbocycles. The Labute approximate surface area is 100 Å². The van der Waals surface area contributed by atoms with Crippen LogP contribution in [0.15, 0.2) is 42.2 Å². The lowest BCUT2D eigenvalue weighted by atomic mass is 10.3. The van der Waals surface area contributed by atoms with Gasteiger partial charge in [0, 0.05) is 6.42 Å². The van der Waals surface area contributed by atoms with Gasteiger partial charge in [-0.05, 0) is 19.1 Å². The van der Waals surface area contributed by atoms with Crippen molar-refractivity contribution in [3.05, 3.63) is 42.2 Å². The van der Waals surface area contributed by atoms with E-state index in [2.05, 4.69) is 0 Å². The fourth-order valence-corrected chi connectivity index (χ4v) is 1.10. The molecule has 1 aromatic carbocycles. The van der Waals surface area contributed by atoms with Crippen LogP contribution in [-0.4, -0.2) is 24.3 Å². The van der Waals surface area contributed by atoms with Crippen molar-refractivity contribution in [2.24, 2.45) is 0 Å². The summed E-state index contributed by atoms with van der Waals surface area (Å²) in [5.41, 5.74) is 0.189. The second-order valence-electron chi connectivity index (χ2n) is 3.46. The first-order valence-electron chi connectivity index (χ1n) is 5.40. The van der Waals surface area contributed by atoms with E-state index in [1.54, 1.807) is 0 Å². The summed E-state index contributed by atoms with van der Waals surface area (Å²) >= 11 is 0. The van der Waals surface area contributed by atoms with Crippen LogP contribution in [0.1, 0.15) is 13.3 Å². The number of benzene rings is 1. The van der Waals surface area contributed by atoms with E-state index in [4.69, 9.17) is 14.6 Å². The van der Waals surface area contributed by atoms with Gasteiger partial charge in [-0.3, -0.25) is 0 Å². The van der Waals surface area contributed by atoms with Gasteiger partial charge in [-0.15, -0.1) is 0 Å². The maximum absolute atomic E-state index is 11.1. The molecule has 0 aliphatic carbocycles. The van der Waals surface area contributed by atoms with Crippen LogP contribution < -0.4 is 4.74 Å². The molecule has 1 aromatic rings. The van der Waals surface area contributed by atoms with Crippen molar-refractivity contribution in [3.63, 3.8) is 0 Å². The number of rotatable bonds is 6. The molecule has 0 spiro atoms. The van der Waals surface area contributed by atoms with Crippen LogP contribution in [-0.2, 0) is 9.53 Å². The quantitative estimate of drug-likeness (QED) is 0.357. The number of carbonyl (C=O) groups is 1. The van der Waals surface area contributed by atoms with E-state index in [0.29, 0.717) is 13.0 Å². The summed E-state index contributed by atoms with van der Waals surface area (Å²) in [5, 5.41) is 8.57. The monoisotopic (exact) mass is 236 g/mol. The maximum Gasteiger partial charge on any atom is 0.336 e. The Bertz CT molecular complexity index is 370. The Morgan fingerprint density at radius 2 is 2.00 bits per heavy atom. The average molecular weight is 236 g/mol. The minimum atomic E-state index is -0.507. The number of aliphatic hydroxyl groups excluding tert-OH is 1. The van der Waals surface area contributed by atoms with E-state index in [1.807, 2.05) is 30.3 Å². The van der Waals surface area contributed by atoms with E-state index in [1.165, 1.54) is 6.92 Å². The van der Waals surface area contributed by atoms with E-state index in [9.17, 15) is 4.79 Å². The number of ether oxygens (including phenoxy) is 2. The molecular formula is C13H16O4. The first kappa shape index (κ1) is 13.1. The minimum Gasteiger partial charge on any atom is -0.515 e. The Morgan fingerprint density at radius 3 is 2.65 bits per heavy atom. The van der Waals surface area contributed by atoms with Gasteiger partial charge in [0.2, 0.25) is 0 Å². The standard InChI is InChI=1S/C13H16O4/c1-11(10-14)13(15)17-9-5-8-16-12-6-3-2-4-7-12/h2-4,6-7,10,14H,5,8-9H2,1H3/b11-10+. The van der Waals surface area contributed by atoms with Crippen molar-refractivity contribution >= 4 is 5.97 Å². The van der Waals surface area contributed by atoms with E-state index in [0.717, 1.165) is 12.0 Å². The number of hydrogen-bond donors (Lipinski definition) is 1. The van der Waals surface area contributed by atoms with Crippen molar-refractivity contribution in [1.29, 1.82) is 0 Å². The highest BCUT2D eigenvalue weighted by Gasteiger charge is 2.04. The van der Waals surface area contributed by atoms with Gasteiger partial charge in [0.1, 0.15) is 5.75 Å². The van der Waals surface area contributed by atoms with Crippen LogP contribution in [0.3, 0.4) is 0 Å². The highest BCUT2D eigenvalue weighted by Crippen LogP contribution is 2.08. The molecule has 0 bridgehead atoms. The first-order valence-corrected chi connectivity index (χ1v) is 5.40. The van der Waals surface area contributed by atoms with Crippen molar-refractivity contribution in [2.75, 3.05) is 13.2 Å². The summed E-state index contributed by atoms with van der Waals surface area (Å²) in [4.78, 5) is 11.1. The van der Waals surface area contributed by atoms with Gasteiger partial charge in [0.25, 0.3) is 0 Å². The molecule has 92 valence electrons. The normalized spacial score (nSPS) is 11.0. The smallest absolute Gasteiger partial charge is 0.336 e. The zero-order valence-electron chi connectivity index (χ0n) is 9.76. The Hall–Kier alpha value is -1.97. The van der Waals surface area contributed by atoms with Gasteiger partial charge in [-0.25, -0.2) is 4.79 Å². The highest BCUT2D eigenvalue weighted by atomic mass is 16.5. The molecule has 0 aliphatic rings. The van der Waals surface area contributed by atoms with Gasteiger partial charge in [0.05, 0.1) is 25.0 Å². The third kappa shape index (κ3) is 5.06. The molecule has 0 atom stereocenters. The summed E-state index contributed by atoms with van der Waals surface area (Å²) in [6.45, 7) is 2.25. The largest absolute Gasteiger partial charge is 0.515 e. The van der Waals surface area contributed by atoms with E-state index in [-0.39, 0.29) is 12.2 Å². The van der Waals surface area contributed by atoms with Crippen molar-refractivity contribution < 1.29 is 19.4 Å². The van der Waals surface area contributed by atoms with Gasteiger partial charge < -0.3 is 14.6 Å². The molecule has 0 unspecified atom stereocenters. The molecule has 1 rings (SSSR count). The van der Waals surface area contributed by atoms with Gasteiger partial charge in [-0.2, -0.15) is 0 Å². The van der Waals surface area contributed by atoms with Crippen LogP contribution in [0.25, 0.3) is 0 Å². The van der Waals surface area contributed by atoms with Crippen molar-refractivity contribution in [2.45, 2.75) is 13.3 Å². The van der Waals surface area contributed by atoms with Crippen LogP contribution in [0.5, 0.6) is 5.75 Å². The van der Waals surface area contributed by atoms with Crippen LogP contribution in [0.4, 0.5) is 0 Å². The third-order valence-corrected chi connectivity index (χ3v) is 2.05. The number of aliphatic hydroxyl groups is 1. The van der Waals surface area contributed by atoms with Gasteiger partial charge >= 0.3 is 5.97 Å². The molecule has 0 aromatic heterocycles. The molecule has 1 N–H and O–H groups in total. The van der Waals surface area contributed by atoms with Gasteiger partial charge in [0.15, 0.2) is 0 Å². The molecule has 0 heterocycles. The van der Waals surface area contributed by atoms with E-state index >= 15 is 0 Å². The van der Waals surface area contributed by atoms with Gasteiger partial charge in [-0.1, -0.05) is 18.2 Å². The summed E-state index contributed by atoms with van der Waals surface area (Å²) in [5.74, 6) is 0.289. The lowest BCUT2D eigenvalue weighted by Gasteiger charge is -2.06. The lowest BCUT2D eigenvalue weighted by molar-refractivity contribution is -0.139. The predicted octanol–water partition coefficient (Wildman–Crippen LogP) is 2.46. The third-order valence-electron chi connectivity index (χ3n) is 2.05. The molecule has 4 heteroatoms. The summed E-state index contributed by atoms with van der Waals surface area (Å²) in [6.07, 6.45) is 1.35. The topological polar surface area (TPSA) is 55.8 Å². The molecule has 0 radical (unpaired) electrons. The highest BCUT2D eigenvalue weighted by molar-refractivity contribution is 5.87. The minimum absolute atomic E-state index is 0.189. The molecule has 0 aliphatic heterocycles. The number of para-hydroxylation sites is 1. The Morgan fingerprint density at radius 1 is 1.29 bits per heavy atom. The Kier molecular flexibility index (Phi) is 5.64. The van der Waals surface area contributed by atoms with Crippen LogP contribution in [0.2, 0.25) is 0 Å². The maximum atomic E-state index is 11.1. The fraction of sp³-hybridized carbons (Fsp3) is 0.308. The van der Waals surface area contributed by atoms with Crippen LogP contribution >= 0.6 is 0 Å².